The van der Waals surface area contributed by atoms with Crippen LogP contribution in [0.3, 0.4) is 0 Å². The van der Waals surface area contributed by atoms with Crippen molar-refractivity contribution in [3.05, 3.63) is 60.8 Å². The van der Waals surface area contributed by atoms with Crippen molar-refractivity contribution in [1.82, 2.24) is 0 Å². The molecule has 0 aromatic rings. The second-order valence-electron chi connectivity index (χ2n) is 8.28. The Morgan fingerprint density at radius 3 is 1.83 bits per heavy atom. The van der Waals surface area contributed by atoms with E-state index in [0.29, 0.717) is 6.71 Å². The van der Waals surface area contributed by atoms with Crippen molar-refractivity contribution in [2.24, 2.45) is 0 Å². The summed E-state index contributed by atoms with van der Waals surface area (Å²) in [6.07, 6.45) is 13.2. The van der Waals surface area contributed by atoms with E-state index in [1.807, 2.05) is 24.3 Å². The summed E-state index contributed by atoms with van der Waals surface area (Å²) in [7, 11) is -2.80. The third-order valence-corrected chi connectivity index (χ3v) is 6.88. The van der Waals surface area contributed by atoms with Crippen molar-refractivity contribution in [2.45, 2.75) is 58.3 Å². The Hall–Kier alpha value is -1.24. The van der Waals surface area contributed by atoms with Crippen LogP contribution in [-0.4, -0.2) is 22.9 Å². The Morgan fingerprint density at radius 1 is 0.917 bits per heavy atom. The first kappa shape index (κ1) is 22.8. The Labute approximate surface area is 153 Å². The maximum Gasteiger partial charge on any atom is 0.173 e. The summed E-state index contributed by atoms with van der Waals surface area (Å²) >= 11 is 0. The first-order valence-corrected chi connectivity index (χ1v) is 15.8. The van der Waals surface area contributed by atoms with Gasteiger partial charge in [-0.3, -0.25) is 0 Å². The van der Waals surface area contributed by atoms with Crippen molar-refractivity contribution >= 4 is 22.9 Å². The zero-order chi connectivity index (χ0) is 18.8. The first-order valence-electron chi connectivity index (χ1n) is 8.82. The molecule has 3 heteroatoms. The van der Waals surface area contributed by atoms with Crippen LogP contribution >= 0.6 is 0 Å². The third-order valence-electron chi connectivity index (χ3n) is 3.64. The molecule has 24 heavy (non-hydrogen) atoms. The normalized spacial score (nSPS) is 12.9. The largest absolute Gasteiger partial charge is 0.173 e. The van der Waals surface area contributed by atoms with Gasteiger partial charge >= 0.3 is 0 Å². The molecule has 0 nitrogen and oxygen atoms in total. The van der Waals surface area contributed by atoms with Crippen molar-refractivity contribution in [2.75, 3.05) is 0 Å². The minimum atomic E-state index is -1.48. The smallest absolute Gasteiger partial charge is 0.127 e. The fraction of sp³-hybridized carbons (Fsp3) is 0.429. The van der Waals surface area contributed by atoms with Crippen molar-refractivity contribution in [3.63, 3.8) is 0 Å². The lowest BCUT2D eigenvalue weighted by Gasteiger charge is -2.29. The predicted molar refractivity (Wildman–Crippen MR) is 121 cm³/mol. The van der Waals surface area contributed by atoms with Crippen LogP contribution in [0.2, 0.25) is 51.9 Å². The van der Waals surface area contributed by atoms with Crippen LogP contribution in [0.4, 0.5) is 0 Å². The van der Waals surface area contributed by atoms with E-state index in [9.17, 15) is 0 Å². The summed E-state index contributed by atoms with van der Waals surface area (Å²) in [5.74, 6) is 3.26. The molecule has 0 aliphatic heterocycles. The zero-order valence-corrected chi connectivity index (χ0v) is 18.7. The fourth-order valence-corrected chi connectivity index (χ4v) is 6.04. The molecule has 0 rings (SSSR count). The Balaban J connectivity index is 6.04. The van der Waals surface area contributed by atoms with Crippen LogP contribution in [0.15, 0.2) is 60.8 Å². The predicted octanol–water partition coefficient (Wildman–Crippen LogP) is 6.58. The lowest BCUT2D eigenvalue weighted by molar-refractivity contribution is 1.28. The van der Waals surface area contributed by atoms with Crippen LogP contribution in [-0.2, 0) is 0 Å². The molecular formula is C21H35BSi2. The number of rotatable bonds is 9. The number of hydrogen-bond acceptors (Lipinski definition) is 0. The van der Waals surface area contributed by atoms with Gasteiger partial charge in [-0.15, -0.1) is 30.4 Å². The molecule has 0 amide bonds. The van der Waals surface area contributed by atoms with E-state index in [1.54, 1.807) is 5.10 Å². The van der Waals surface area contributed by atoms with E-state index in [1.165, 1.54) is 5.57 Å². The molecule has 0 radical (unpaired) electrons. The van der Waals surface area contributed by atoms with Crippen LogP contribution < -0.4 is 0 Å². The van der Waals surface area contributed by atoms with Gasteiger partial charge in [-0.2, -0.15) is 0 Å². The van der Waals surface area contributed by atoms with Gasteiger partial charge in [-0.05, 0) is 12.5 Å². The van der Waals surface area contributed by atoms with E-state index < -0.39 is 16.1 Å². The lowest BCUT2D eigenvalue weighted by atomic mass is 9.44. The highest BCUT2D eigenvalue weighted by Crippen LogP contribution is 2.28. The van der Waals surface area contributed by atoms with Crippen LogP contribution in [0, 0.1) is 11.5 Å². The van der Waals surface area contributed by atoms with Gasteiger partial charge in [0.1, 0.15) is 8.07 Å². The molecule has 0 aromatic carbocycles. The average Bonchev–Trinajstić information content (AvgIpc) is 2.41. The second-order valence-corrected chi connectivity index (χ2v) is 18.1. The summed E-state index contributed by atoms with van der Waals surface area (Å²) in [5.41, 5.74) is 4.80. The van der Waals surface area contributed by atoms with E-state index >= 15 is 0 Å². The van der Waals surface area contributed by atoms with Gasteiger partial charge in [0.2, 0.25) is 0 Å². The number of hydrogen-bond donors (Lipinski definition) is 0. The summed E-state index contributed by atoms with van der Waals surface area (Å²) in [4.78, 5) is 0. The summed E-state index contributed by atoms with van der Waals surface area (Å²) < 4.78 is 0. The van der Waals surface area contributed by atoms with Gasteiger partial charge in [-0.1, -0.05) is 87.7 Å². The van der Waals surface area contributed by atoms with Gasteiger partial charge in [0.05, 0.1) is 8.07 Å². The van der Waals surface area contributed by atoms with Gasteiger partial charge < -0.3 is 0 Å². The van der Waals surface area contributed by atoms with Crippen molar-refractivity contribution in [3.8, 4) is 11.5 Å². The molecule has 0 aliphatic carbocycles. The van der Waals surface area contributed by atoms with Crippen molar-refractivity contribution in [1.29, 1.82) is 0 Å². The van der Waals surface area contributed by atoms with Crippen LogP contribution in [0.1, 0.15) is 6.42 Å². The maximum atomic E-state index is 3.96. The average molecular weight is 354 g/mol. The van der Waals surface area contributed by atoms with E-state index in [0.717, 1.165) is 19.1 Å². The van der Waals surface area contributed by atoms with E-state index in [2.05, 4.69) is 76.6 Å². The first-order chi connectivity index (χ1) is 11.1. The Kier molecular flexibility index (Phi) is 10.0. The molecule has 0 N–H and O–H groups in total. The summed E-state index contributed by atoms with van der Waals surface area (Å²) in [6.45, 7) is 26.5. The van der Waals surface area contributed by atoms with Gasteiger partial charge in [0.25, 0.3) is 0 Å². The lowest BCUT2D eigenvalue weighted by Crippen LogP contribution is -2.36. The molecular weight excluding hydrogens is 319 g/mol. The number of allylic oxidation sites excluding steroid dienone is 6. The molecule has 0 aliphatic rings. The summed E-state index contributed by atoms with van der Waals surface area (Å²) in [5, 5.41) is 1.60. The third kappa shape index (κ3) is 9.15. The molecule has 0 unspecified atom stereocenters. The SMILES string of the molecule is C=CCB(CC=C)/C(=C(/C=C/C#C[Si](C)(C)C)CC=C)[Si](C)(C)C. The quantitative estimate of drug-likeness (QED) is 0.190. The maximum absolute atomic E-state index is 3.96. The van der Waals surface area contributed by atoms with Crippen LogP contribution in [0.25, 0.3) is 0 Å². The standard InChI is InChI=1S/C21H35BSi2/c1-10-15-20(16-13-14-19-23(4,5)6)21(24(7,8)9)22(17-11-2)18-12-3/h10-13,16H,1-3,15,17-18H2,4-9H3/b16-13+,21-20-. The molecule has 0 fully saturated rings. The summed E-state index contributed by atoms with van der Waals surface area (Å²) in [6, 6.07) is 0. The van der Waals surface area contributed by atoms with E-state index in [-0.39, 0.29) is 0 Å². The highest BCUT2D eigenvalue weighted by molar-refractivity contribution is 6.98. The molecule has 0 aromatic heterocycles. The molecule has 0 heterocycles. The molecule has 130 valence electrons. The topological polar surface area (TPSA) is 0 Å². The molecule has 0 saturated carbocycles. The molecule has 0 spiro atoms. The van der Waals surface area contributed by atoms with Crippen molar-refractivity contribution < 1.29 is 0 Å². The molecule has 0 bridgehead atoms. The minimum Gasteiger partial charge on any atom is -0.127 e. The fourth-order valence-electron chi connectivity index (χ4n) is 2.91. The van der Waals surface area contributed by atoms with E-state index in [4.69, 9.17) is 0 Å². The highest BCUT2D eigenvalue weighted by atomic mass is 28.3. The highest BCUT2D eigenvalue weighted by Gasteiger charge is 2.29. The molecule has 0 atom stereocenters. The van der Waals surface area contributed by atoms with Gasteiger partial charge in [0, 0.05) is 0 Å². The Bertz CT molecular complexity index is 547. The van der Waals surface area contributed by atoms with Gasteiger partial charge in [0.15, 0.2) is 6.71 Å². The minimum absolute atomic E-state index is 0.496. The monoisotopic (exact) mass is 354 g/mol. The van der Waals surface area contributed by atoms with Gasteiger partial charge in [-0.25, -0.2) is 0 Å². The zero-order valence-electron chi connectivity index (χ0n) is 16.7. The second kappa shape index (κ2) is 10.6. The molecule has 0 saturated heterocycles. The Morgan fingerprint density at radius 2 is 1.46 bits per heavy atom. The van der Waals surface area contributed by atoms with Crippen LogP contribution in [0.5, 0.6) is 0 Å².